The van der Waals surface area contributed by atoms with Crippen molar-refractivity contribution in [3.8, 4) is 22.9 Å². The lowest BCUT2D eigenvalue weighted by Crippen LogP contribution is -2.29. The second-order valence-electron chi connectivity index (χ2n) is 9.18. The Hall–Kier alpha value is -3.85. The summed E-state index contributed by atoms with van der Waals surface area (Å²) >= 11 is 0. The maximum atomic E-state index is 14.5. The summed E-state index contributed by atoms with van der Waals surface area (Å²) in [6.07, 6.45) is 3.94. The zero-order valence-corrected chi connectivity index (χ0v) is 18.5. The van der Waals surface area contributed by atoms with E-state index in [9.17, 15) is 4.39 Å². The van der Waals surface area contributed by atoms with Gasteiger partial charge in [0.1, 0.15) is 11.6 Å². The fourth-order valence-electron chi connectivity index (χ4n) is 5.43. The minimum atomic E-state index is -0.289. The number of ether oxygens (including phenoxy) is 1. The molecule has 9 heteroatoms. The van der Waals surface area contributed by atoms with Gasteiger partial charge in [0.2, 0.25) is 0 Å². The number of pyridine rings is 2. The van der Waals surface area contributed by atoms with E-state index in [1.54, 1.807) is 25.5 Å². The van der Waals surface area contributed by atoms with Crippen molar-refractivity contribution in [1.29, 1.82) is 0 Å². The Bertz CT molecular complexity index is 1460. The summed E-state index contributed by atoms with van der Waals surface area (Å²) < 4.78 is 20.6. The molecule has 4 heterocycles. The molecule has 3 N–H and O–H groups in total. The van der Waals surface area contributed by atoms with Crippen molar-refractivity contribution in [2.24, 2.45) is 17.6 Å². The summed E-state index contributed by atoms with van der Waals surface area (Å²) in [7, 11) is 1.80. The van der Waals surface area contributed by atoms with E-state index in [1.807, 2.05) is 18.2 Å². The average molecular weight is 455 g/mol. The van der Waals surface area contributed by atoms with Crippen molar-refractivity contribution in [3.63, 3.8) is 0 Å². The number of rotatable bonds is 4. The predicted molar refractivity (Wildman–Crippen MR) is 127 cm³/mol. The quantitative estimate of drug-likeness (QED) is 0.425. The van der Waals surface area contributed by atoms with Crippen LogP contribution < -0.4 is 20.7 Å². The lowest BCUT2D eigenvalue weighted by molar-refractivity contribution is 0.439. The highest BCUT2D eigenvalue weighted by atomic mass is 19.1. The van der Waals surface area contributed by atoms with Crippen molar-refractivity contribution in [1.82, 2.24) is 19.9 Å². The molecule has 2 unspecified atom stereocenters. The van der Waals surface area contributed by atoms with E-state index in [2.05, 4.69) is 20.2 Å². The molecule has 0 spiro atoms. The summed E-state index contributed by atoms with van der Waals surface area (Å²) in [5.74, 6) is 1.96. The monoisotopic (exact) mass is 455 g/mol. The molecule has 34 heavy (non-hydrogen) atoms. The van der Waals surface area contributed by atoms with Crippen molar-refractivity contribution >= 4 is 22.5 Å². The molecule has 3 aromatic heterocycles. The van der Waals surface area contributed by atoms with E-state index in [1.165, 1.54) is 6.07 Å². The summed E-state index contributed by atoms with van der Waals surface area (Å²) in [4.78, 5) is 20.6. The zero-order chi connectivity index (χ0) is 23.0. The van der Waals surface area contributed by atoms with Gasteiger partial charge in [-0.1, -0.05) is 0 Å². The lowest BCUT2D eigenvalue weighted by atomic mass is 10.0. The molecular weight excluding hydrogens is 433 g/mol. The second kappa shape index (κ2) is 7.07. The third-order valence-electron chi connectivity index (χ3n) is 7.24. The van der Waals surface area contributed by atoms with Gasteiger partial charge in [-0.25, -0.2) is 4.39 Å². The van der Waals surface area contributed by atoms with E-state index < -0.39 is 0 Å². The predicted octanol–water partition coefficient (Wildman–Crippen LogP) is 3.36. The third kappa shape index (κ3) is 2.93. The number of anilines is 2. The molecule has 0 amide bonds. The first-order valence-electron chi connectivity index (χ1n) is 11.4. The Balaban J connectivity index is 1.33. The highest BCUT2D eigenvalue weighted by molar-refractivity contribution is 5.88. The summed E-state index contributed by atoms with van der Waals surface area (Å²) in [6.45, 7) is 1.67. The number of nitrogens with two attached hydrogens (primary N) is 1. The number of piperidine rings is 1. The molecule has 3 aliphatic rings. The Labute approximate surface area is 195 Å². The van der Waals surface area contributed by atoms with Crippen LogP contribution in [0.15, 0.2) is 42.7 Å². The second-order valence-corrected chi connectivity index (χ2v) is 9.18. The number of hydrogen-bond donors (Lipinski definition) is 2. The molecule has 0 bridgehead atoms. The highest BCUT2D eigenvalue weighted by Crippen LogP contribution is 2.50. The minimum absolute atomic E-state index is 0.245. The summed E-state index contributed by atoms with van der Waals surface area (Å²) in [5.41, 5.74) is 12.0. The van der Waals surface area contributed by atoms with Gasteiger partial charge >= 0.3 is 6.01 Å². The molecule has 0 radical (unpaired) electrons. The minimum Gasteiger partial charge on any atom is -0.423 e. The van der Waals surface area contributed by atoms with Crippen LogP contribution in [0.5, 0.6) is 11.8 Å². The zero-order valence-electron chi connectivity index (χ0n) is 18.5. The molecule has 8 nitrogen and oxygen atoms in total. The third-order valence-corrected chi connectivity index (χ3v) is 7.24. The van der Waals surface area contributed by atoms with Crippen molar-refractivity contribution in [2.75, 3.05) is 30.4 Å². The van der Waals surface area contributed by atoms with E-state index in [4.69, 9.17) is 20.4 Å². The fourth-order valence-corrected chi connectivity index (χ4v) is 5.43. The van der Waals surface area contributed by atoms with Crippen molar-refractivity contribution in [3.05, 3.63) is 59.8 Å². The van der Waals surface area contributed by atoms with Gasteiger partial charge in [0, 0.05) is 56.1 Å². The van der Waals surface area contributed by atoms with E-state index in [0.717, 1.165) is 58.0 Å². The van der Waals surface area contributed by atoms with Gasteiger partial charge in [0.05, 0.1) is 22.9 Å². The molecule has 1 aliphatic heterocycles. The van der Waals surface area contributed by atoms with Crippen LogP contribution in [0.1, 0.15) is 11.3 Å². The van der Waals surface area contributed by atoms with Crippen LogP contribution in [0, 0.1) is 17.7 Å². The highest BCUT2D eigenvalue weighted by Gasteiger charge is 2.54. The maximum absolute atomic E-state index is 14.5. The van der Waals surface area contributed by atoms with E-state index in [-0.39, 0.29) is 17.9 Å². The standard InChI is InChI=1S/C25H22FN7O/c1-28-19-6-12(26)5-15-14(19)8-21-22(15)24(33-10-16-17(11-33)23(16)27)32-25(31-21)34-13-7-20-18(30-9-13)3-2-4-29-20/h2-7,9,16-17,23,28H,8,10-11,27H2,1H3. The lowest BCUT2D eigenvalue weighted by Gasteiger charge is -2.23. The molecule has 170 valence electrons. The first-order valence-corrected chi connectivity index (χ1v) is 11.4. The van der Waals surface area contributed by atoms with Gasteiger partial charge in [-0.05, 0) is 47.2 Å². The smallest absolute Gasteiger partial charge is 0.324 e. The Morgan fingerprint density at radius 3 is 2.79 bits per heavy atom. The molecule has 1 saturated carbocycles. The normalized spacial score (nSPS) is 21.9. The SMILES string of the molecule is CNc1cc(F)cc2c1Cc1nc(Oc3cnc4cccnc4c3)nc(N3CC4C(N)C4C3)c1-2. The van der Waals surface area contributed by atoms with Crippen LogP contribution in [0.25, 0.3) is 22.2 Å². The molecule has 2 atom stereocenters. The summed E-state index contributed by atoms with van der Waals surface area (Å²) in [6, 6.07) is 9.18. The molecular formula is C25H22FN7O. The van der Waals surface area contributed by atoms with Gasteiger partial charge in [-0.3, -0.25) is 9.97 Å². The molecule has 2 fully saturated rings. The molecule has 7 rings (SSSR count). The fraction of sp³-hybridized carbons (Fsp3) is 0.280. The topological polar surface area (TPSA) is 102 Å². The first kappa shape index (κ1) is 19.6. The number of halogens is 1. The number of hydrogen-bond acceptors (Lipinski definition) is 8. The van der Waals surface area contributed by atoms with Crippen LogP contribution in [0.2, 0.25) is 0 Å². The Kier molecular flexibility index (Phi) is 4.08. The molecule has 1 aromatic carbocycles. The summed E-state index contributed by atoms with van der Waals surface area (Å²) in [5, 5.41) is 3.12. The van der Waals surface area contributed by atoms with Gasteiger partial charge in [0.15, 0.2) is 5.75 Å². The maximum Gasteiger partial charge on any atom is 0.324 e. The van der Waals surface area contributed by atoms with E-state index >= 15 is 0 Å². The van der Waals surface area contributed by atoms with Crippen molar-refractivity contribution < 1.29 is 9.13 Å². The first-order chi connectivity index (χ1) is 16.6. The van der Waals surface area contributed by atoms with Gasteiger partial charge in [-0.2, -0.15) is 9.97 Å². The molecule has 4 aromatic rings. The largest absolute Gasteiger partial charge is 0.423 e. The van der Waals surface area contributed by atoms with E-state index in [0.29, 0.717) is 24.0 Å². The molecule has 1 saturated heterocycles. The number of nitrogens with one attached hydrogen (secondary N) is 1. The van der Waals surface area contributed by atoms with Gasteiger partial charge < -0.3 is 20.7 Å². The molecule has 2 aliphatic carbocycles. The van der Waals surface area contributed by atoms with Gasteiger partial charge in [0.25, 0.3) is 0 Å². The van der Waals surface area contributed by atoms with Crippen LogP contribution >= 0.6 is 0 Å². The van der Waals surface area contributed by atoms with Crippen molar-refractivity contribution in [2.45, 2.75) is 12.5 Å². The number of aromatic nitrogens is 4. The van der Waals surface area contributed by atoms with Crippen LogP contribution in [-0.4, -0.2) is 46.1 Å². The number of fused-ring (bicyclic) bond motifs is 5. The average Bonchev–Trinajstić information content (AvgIpc) is 3.19. The van der Waals surface area contributed by atoms with Crippen LogP contribution in [0.3, 0.4) is 0 Å². The number of benzene rings is 1. The van der Waals surface area contributed by atoms with Crippen LogP contribution in [-0.2, 0) is 6.42 Å². The number of nitrogens with zero attached hydrogens (tertiary/aromatic N) is 5. The Morgan fingerprint density at radius 1 is 1.12 bits per heavy atom. The van der Waals surface area contributed by atoms with Gasteiger partial charge in [-0.15, -0.1) is 0 Å². The Morgan fingerprint density at radius 2 is 1.97 bits per heavy atom. The van der Waals surface area contributed by atoms with Crippen LogP contribution in [0.4, 0.5) is 15.9 Å².